The van der Waals surface area contributed by atoms with Gasteiger partial charge in [0.15, 0.2) is 5.82 Å². The van der Waals surface area contributed by atoms with Crippen LogP contribution in [0.1, 0.15) is 23.7 Å². The average Bonchev–Trinajstić information content (AvgIpc) is 2.53. The largest absolute Gasteiger partial charge is 0.366 e. The predicted octanol–water partition coefficient (Wildman–Crippen LogP) is 2.80. The van der Waals surface area contributed by atoms with E-state index in [9.17, 15) is 0 Å². The van der Waals surface area contributed by atoms with Crippen LogP contribution in [0.5, 0.6) is 0 Å². The molecule has 0 spiro atoms. The molecule has 0 amide bonds. The summed E-state index contributed by atoms with van der Waals surface area (Å²) in [6.07, 6.45) is 2.98. The molecule has 2 aromatic rings. The van der Waals surface area contributed by atoms with Crippen molar-refractivity contribution in [1.29, 1.82) is 0 Å². The van der Waals surface area contributed by atoms with E-state index in [1.54, 1.807) is 0 Å². The van der Waals surface area contributed by atoms with Gasteiger partial charge in [0.2, 0.25) is 0 Å². The molecule has 0 atom stereocenters. The third-order valence-electron chi connectivity index (χ3n) is 3.81. The second-order valence-corrected chi connectivity index (χ2v) is 5.46. The van der Waals surface area contributed by atoms with Gasteiger partial charge < -0.3 is 4.74 Å². The first-order valence-electron chi connectivity index (χ1n) is 7.48. The summed E-state index contributed by atoms with van der Waals surface area (Å²) in [5.74, 6) is 0.812. The topological polar surface area (TPSA) is 38.2 Å². The third-order valence-corrected chi connectivity index (χ3v) is 3.81. The van der Waals surface area contributed by atoms with E-state index in [1.165, 1.54) is 11.1 Å². The highest BCUT2D eigenvalue weighted by atomic mass is 16.5. The first-order chi connectivity index (χ1) is 10.3. The fourth-order valence-corrected chi connectivity index (χ4v) is 2.53. The van der Waals surface area contributed by atoms with E-state index >= 15 is 0 Å². The molecule has 1 aromatic carbocycles. The van der Waals surface area contributed by atoms with Crippen LogP contribution in [0.25, 0.3) is 11.4 Å². The number of hydrogen-bond donors (Lipinski definition) is 0. The van der Waals surface area contributed by atoms with Gasteiger partial charge in [-0.2, -0.15) is 0 Å². The number of aromatic nitrogens is 2. The van der Waals surface area contributed by atoms with E-state index in [4.69, 9.17) is 9.72 Å². The summed E-state index contributed by atoms with van der Waals surface area (Å²) in [5, 5.41) is 0. The molecular weight excluding hydrogens is 262 g/mol. The van der Waals surface area contributed by atoms with Crippen molar-refractivity contribution in [2.75, 3.05) is 19.9 Å². The van der Waals surface area contributed by atoms with Gasteiger partial charge in [0.05, 0.1) is 12.4 Å². The zero-order valence-corrected chi connectivity index (χ0v) is 12.7. The van der Waals surface area contributed by atoms with Crippen molar-refractivity contribution >= 4 is 0 Å². The summed E-state index contributed by atoms with van der Waals surface area (Å²) in [5.41, 5.74) is 4.72. The zero-order chi connectivity index (χ0) is 14.7. The van der Waals surface area contributed by atoms with Crippen LogP contribution in [0, 0.1) is 6.92 Å². The minimum Gasteiger partial charge on any atom is -0.366 e. The normalized spacial score (nSPS) is 15.0. The lowest BCUT2D eigenvalue weighted by molar-refractivity contribution is 0.0270. The first kappa shape index (κ1) is 14.2. The Balaban J connectivity index is 1.82. The maximum Gasteiger partial charge on any atom is 0.159 e. The van der Waals surface area contributed by atoms with Crippen molar-refractivity contribution < 1.29 is 4.74 Å². The van der Waals surface area contributed by atoms with Gasteiger partial charge in [0, 0.05) is 31.5 Å². The van der Waals surface area contributed by atoms with Gasteiger partial charge in [0.25, 0.3) is 0 Å². The molecule has 4 heteroatoms. The molecule has 1 aliphatic heterocycles. The van der Waals surface area contributed by atoms with Gasteiger partial charge >= 0.3 is 0 Å². The summed E-state index contributed by atoms with van der Waals surface area (Å²) < 4.78 is 5.50. The zero-order valence-electron chi connectivity index (χ0n) is 12.7. The lowest BCUT2D eigenvalue weighted by atomic mass is 10.1. The fourth-order valence-electron chi connectivity index (χ4n) is 2.53. The Morgan fingerprint density at radius 3 is 2.81 bits per heavy atom. The molecule has 2 heterocycles. The second-order valence-electron chi connectivity index (χ2n) is 5.46. The van der Waals surface area contributed by atoms with Crippen LogP contribution < -0.4 is 0 Å². The predicted molar refractivity (Wildman–Crippen MR) is 82.8 cm³/mol. The molecule has 0 saturated carbocycles. The molecule has 1 aliphatic rings. The molecule has 1 aromatic heterocycles. The van der Waals surface area contributed by atoms with E-state index in [0.29, 0.717) is 6.73 Å². The monoisotopic (exact) mass is 283 g/mol. The summed E-state index contributed by atoms with van der Waals surface area (Å²) in [4.78, 5) is 11.6. The number of fused-ring (bicyclic) bond motifs is 1. The maximum absolute atomic E-state index is 5.50. The average molecular weight is 283 g/mol. The molecule has 0 radical (unpaired) electrons. The summed E-state index contributed by atoms with van der Waals surface area (Å²) >= 11 is 0. The molecule has 0 unspecified atom stereocenters. The number of aryl methyl sites for hydroxylation is 1. The molecule has 3 rings (SSSR count). The van der Waals surface area contributed by atoms with Gasteiger partial charge in [-0.15, -0.1) is 0 Å². The maximum atomic E-state index is 5.50. The first-order valence-corrected chi connectivity index (χ1v) is 7.48. The van der Waals surface area contributed by atoms with E-state index < -0.39 is 0 Å². The van der Waals surface area contributed by atoms with E-state index in [1.807, 2.05) is 13.1 Å². The van der Waals surface area contributed by atoms with Crippen molar-refractivity contribution in [3.8, 4) is 11.4 Å². The molecule has 0 bridgehead atoms. The van der Waals surface area contributed by atoms with E-state index in [0.717, 1.165) is 43.2 Å². The Bertz CT molecular complexity index is 610. The fraction of sp³-hybridized carbons (Fsp3) is 0.412. The molecule has 0 N–H and O–H groups in total. The van der Waals surface area contributed by atoms with Crippen LogP contribution in [0.3, 0.4) is 0 Å². The quantitative estimate of drug-likeness (QED) is 0.865. The van der Waals surface area contributed by atoms with Gasteiger partial charge in [-0.05, 0) is 25.8 Å². The van der Waals surface area contributed by atoms with Crippen molar-refractivity contribution in [2.45, 2.75) is 26.8 Å². The van der Waals surface area contributed by atoms with Gasteiger partial charge in [0.1, 0.15) is 0 Å². The number of hydrogen-bond acceptors (Lipinski definition) is 4. The molecule has 0 fully saturated rings. The minimum absolute atomic E-state index is 0.680. The summed E-state index contributed by atoms with van der Waals surface area (Å²) in [7, 11) is 0. The summed E-state index contributed by atoms with van der Waals surface area (Å²) in [6.45, 7) is 7.40. The third kappa shape index (κ3) is 3.28. The van der Waals surface area contributed by atoms with Crippen LogP contribution in [0.15, 0.2) is 30.5 Å². The highest BCUT2D eigenvalue weighted by molar-refractivity contribution is 5.55. The van der Waals surface area contributed by atoms with Crippen LogP contribution in [0.4, 0.5) is 0 Å². The molecule has 0 saturated heterocycles. The van der Waals surface area contributed by atoms with Crippen LogP contribution in [-0.4, -0.2) is 34.8 Å². The van der Waals surface area contributed by atoms with Crippen LogP contribution in [-0.2, 0) is 17.7 Å². The second kappa shape index (κ2) is 6.33. The Hall–Kier alpha value is -1.78. The van der Waals surface area contributed by atoms with Crippen LogP contribution in [0.2, 0.25) is 0 Å². The lowest BCUT2D eigenvalue weighted by Gasteiger charge is -2.27. The minimum atomic E-state index is 0.680. The number of ether oxygens (including phenoxy) is 1. The Kier molecular flexibility index (Phi) is 4.27. The standard InChI is InChI=1S/C17H21N3O/c1-3-21-12-20-9-8-15-10-18-17(19-16(15)11-20)14-6-4-13(2)5-7-14/h4-7,10H,3,8-9,11-12H2,1-2H3. The Morgan fingerprint density at radius 2 is 2.05 bits per heavy atom. The molecule has 21 heavy (non-hydrogen) atoms. The van der Waals surface area contributed by atoms with Crippen molar-refractivity contribution in [1.82, 2.24) is 14.9 Å². The summed E-state index contributed by atoms with van der Waals surface area (Å²) in [6, 6.07) is 8.36. The Morgan fingerprint density at radius 1 is 1.24 bits per heavy atom. The Labute approximate surface area is 125 Å². The number of rotatable bonds is 4. The number of benzene rings is 1. The van der Waals surface area contributed by atoms with Crippen molar-refractivity contribution in [3.05, 3.63) is 47.3 Å². The van der Waals surface area contributed by atoms with Gasteiger partial charge in [-0.3, -0.25) is 4.90 Å². The molecular formula is C17H21N3O. The SMILES string of the molecule is CCOCN1CCc2cnc(-c3ccc(C)cc3)nc2C1. The van der Waals surface area contributed by atoms with E-state index in [-0.39, 0.29) is 0 Å². The highest BCUT2D eigenvalue weighted by Gasteiger charge is 2.18. The number of nitrogens with zero attached hydrogens (tertiary/aromatic N) is 3. The smallest absolute Gasteiger partial charge is 0.159 e. The van der Waals surface area contributed by atoms with Crippen molar-refractivity contribution in [2.24, 2.45) is 0 Å². The van der Waals surface area contributed by atoms with E-state index in [2.05, 4.69) is 41.1 Å². The molecule has 4 nitrogen and oxygen atoms in total. The molecule has 110 valence electrons. The lowest BCUT2D eigenvalue weighted by Crippen LogP contribution is -2.33. The van der Waals surface area contributed by atoms with Crippen LogP contribution >= 0.6 is 0 Å². The van der Waals surface area contributed by atoms with Gasteiger partial charge in [-0.25, -0.2) is 9.97 Å². The van der Waals surface area contributed by atoms with Gasteiger partial charge in [-0.1, -0.05) is 29.8 Å². The van der Waals surface area contributed by atoms with Crippen molar-refractivity contribution in [3.63, 3.8) is 0 Å². The molecule has 0 aliphatic carbocycles. The highest BCUT2D eigenvalue weighted by Crippen LogP contribution is 2.21.